The number of rotatable bonds is 7. The molecule has 1 aromatic heterocycles. The molecule has 4 rings (SSSR count). The lowest BCUT2D eigenvalue weighted by Crippen LogP contribution is -2.51. The Kier molecular flexibility index (Phi) is 7.78. The lowest BCUT2D eigenvalue weighted by Gasteiger charge is -2.38. The molecular weight excluding hydrogens is 478 g/mol. The Morgan fingerprint density at radius 3 is 2.39 bits per heavy atom. The molecule has 10 nitrogen and oxygen atoms in total. The molecule has 0 unspecified atom stereocenters. The van der Waals surface area contributed by atoms with Crippen LogP contribution in [0.1, 0.15) is 20.8 Å². The monoisotopic (exact) mass is 509 g/mol. The summed E-state index contributed by atoms with van der Waals surface area (Å²) in [4.78, 5) is 29.3. The number of ether oxygens (including phenoxy) is 1. The van der Waals surface area contributed by atoms with E-state index in [4.69, 9.17) is 4.74 Å². The fourth-order valence-corrected chi connectivity index (χ4v) is 4.63. The Hall–Kier alpha value is -3.60. The van der Waals surface area contributed by atoms with Crippen molar-refractivity contribution in [1.82, 2.24) is 25.1 Å². The van der Waals surface area contributed by atoms with Gasteiger partial charge in [-0.25, -0.2) is 0 Å². The number of tetrazole rings is 1. The lowest BCUT2D eigenvalue weighted by molar-refractivity contribution is -0.139. The first kappa shape index (κ1) is 25.5. The molecule has 190 valence electrons. The molecule has 2 heterocycles. The van der Waals surface area contributed by atoms with Crippen LogP contribution in [-0.2, 0) is 9.59 Å². The van der Waals surface area contributed by atoms with Gasteiger partial charge in [0.1, 0.15) is 11.4 Å². The predicted octanol–water partition coefficient (Wildman–Crippen LogP) is 3.10. The molecule has 0 spiro atoms. The quantitative estimate of drug-likeness (QED) is 0.485. The Morgan fingerprint density at radius 1 is 1.03 bits per heavy atom. The van der Waals surface area contributed by atoms with E-state index < -0.39 is 0 Å². The topological polar surface area (TPSA) is 105 Å². The second-order valence-corrected chi connectivity index (χ2v) is 10.4. The van der Waals surface area contributed by atoms with Gasteiger partial charge in [0.15, 0.2) is 0 Å². The maximum Gasteiger partial charge on any atom is 0.234 e. The molecule has 11 heteroatoms. The van der Waals surface area contributed by atoms with Gasteiger partial charge in [-0.3, -0.25) is 9.59 Å². The average Bonchev–Trinajstić information content (AvgIpc) is 3.35. The van der Waals surface area contributed by atoms with E-state index in [9.17, 15) is 9.59 Å². The van der Waals surface area contributed by atoms with Crippen molar-refractivity contribution in [3.63, 3.8) is 0 Å². The fourth-order valence-electron chi connectivity index (χ4n) is 3.95. The zero-order valence-electron chi connectivity index (χ0n) is 21.0. The summed E-state index contributed by atoms with van der Waals surface area (Å²) in [6.07, 6.45) is 0. The van der Waals surface area contributed by atoms with Crippen molar-refractivity contribution in [3.05, 3.63) is 48.5 Å². The van der Waals surface area contributed by atoms with Crippen LogP contribution < -0.4 is 15.0 Å². The molecule has 3 aromatic rings. The number of aromatic nitrogens is 4. The summed E-state index contributed by atoms with van der Waals surface area (Å²) in [6, 6.07) is 15.2. The smallest absolute Gasteiger partial charge is 0.234 e. The van der Waals surface area contributed by atoms with Crippen LogP contribution in [-0.4, -0.2) is 76.0 Å². The number of thioether (sulfide) groups is 1. The van der Waals surface area contributed by atoms with E-state index in [0.29, 0.717) is 29.7 Å². The predicted molar refractivity (Wildman–Crippen MR) is 140 cm³/mol. The van der Waals surface area contributed by atoms with Crippen LogP contribution in [0.2, 0.25) is 0 Å². The lowest BCUT2D eigenvalue weighted by atomic mass is 9.94. The van der Waals surface area contributed by atoms with Gasteiger partial charge in [-0.2, -0.15) is 4.68 Å². The van der Waals surface area contributed by atoms with Crippen molar-refractivity contribution in [1.29, 1.82) is 0 Å². The highest BCUT2D eigenvalue weighted by molar-refractivity contribution is 7.99. The summed E-state index contributed by atoms with van der Waals surface area (Å²) in [7, 11) is 1.59. The molecule has 2 aromatic carbocycles. The van der Waals surface area contributed by atoms with Gasteiger partial charge in [0.2, 0.25) is 17.0 Å². The number of carbonyl (C=O) groups is 2. The van der Waals surface area contributed by atoms with Gasteiger partial charge in [-0.05, 0) is 46.8 Å². The van der Waals surface area contributed by atoms with Crippen molar-refractivity contribution in [2.75, 3.05) is 49.3 Å². The molecule has 0 atom stereocenters. The fraction of sp³-hybridized carbons (Fsp3) is 0.400. The van der Waals surface area contributed by atoms with Gasteiger partial charge < -0.3 is 19.9 Å². The number of nitrogens with one attached hydrogen (secondary N) is 1. The normalized spacial score (nSPS) is 14.0. The van der Waals surface area contributed by atoms with Crippen molar-refractivity contribution in [3.8, 4) is 11.4 Å². The minimum Gasteiger partial charge on any atom is -0.494 e. The Labute approximate surface area is 215 Å². The van der Waals surface area contributed by atoms with Crippen LogP contribution in [0.5, 0.6) is 5.75 Å². The number of hydrogen-bond acceptors (Lipinski definition) is 8. The minimum atomic E-state index is -0.360. The van der Waals surface area contributed by atoms with Gasteiger partial charge in [0, 0.05) is 43.0 Å². The van der Waals surface area contributed by atoms with Crippen LogP contribution in [0.15, 0.2) is 53.7 Å². The molecule has 0 radical (unpaired) electrons. The number of hydrogen-bond donors (Lipinski definition) is 1. The van der Waals surface area contributed by atoms with Crippen LogP contribution in [0.25, 0.3) is 5.69 Å². The zero-order valence-corrected chi connectivity index (χ0v) is 21.8. The Balaban J connectivity index is 1.29. The standard InChI is InChI=1S/C25H31N7O3S/c1-25(2,3)23(34)31-15-13-30(14-16-31)19-11-9-18(10-12-19)26-22(33)17-36-24-27-28-29-32(24)20-7-5-6-8-21(20)35-4/h5-12H,13-17H2,1-4H3,(H,26,33). The van der Waals surface area contributed by atoms with E-state index >= 15 is 0 Å². The minimum absolute atomic E-state index is 0.154. The molecule has 2 amide bonds. The van der Waals surface area contributed by atoms with Crippen LogP contribution >= 0.6 is 11.8 Å². The summed E-state index contributed by atoms with van der Waals surface area (Å²) in [5.41, 5.74) is 2.13. The molecule has 0 aliphatic carbocycles. The molecule has 36 heavy (non-hydrogen) atoms. The van der Waals surface area contributed by atoms with E-state index in [1.807, 2.05) is 74.2 Å². The highest BCUT2D eigenvalue weighted by atomic mass is 32.2. The molecule has 1 aliphatic heterocycles. The molecule has 1 fully saturated rings. The summed E-state index contributed by atoms with van der Waals surface area (Å²) in [6.45, 7) is 8.84. The van der Waals surface area contributed by atoms with E-state index in [2.05, 4.69) is 25.7 Å². The third kappa shape index (κ3) is 5.96. The number of amides is 2. The first-order valence-corrected chi connectivity index (χ1v) is 12.7. The van der Waals surface area contributed by atoms with Crippen LogP contribution in [0, 0.1) is 5.41 Å². The number of carbonyl (C=O) groups excluding carboxylic acids is 2. The summed E-state index contributed by atoms with van der Waals surface area (Å²) >= 11 is 1.24. The molecular formula is C25H31N7O3S. The van der Waals surface area contributed by atoms with Crippen molar-refractivity contribution in [2.45, 2.75) is 25.9 Å². The number of benzene rings is 2. The zero-order chi connectivity index (χ0) is 25.7. The second kappa shape index (κ2) is 11.0. The maximum absolute atomic E-state index is 12.6. The average molecular weight is 510 g/mol. The second-order valence-electron chi connectivity index (χ2n) is 9.46. The van der Waals surface area contributed by atoms with Crippen molar-refractivity contribution >= 4 is 35.0 Å². The van der Waals surface area contributed by atoms with E-state index in [1.165, 1.54) is 11.8 Å². The highest BCUT2D eigenvalue weighted by Crippen LogP contribution is 2.26. The Morgan fingerprint density at radius 2 is 1.72 bits per heavy atom. The third-order valence-electron chi connectivity index (χ3n) is 5.81. The number of piperazine rings is 1. The van der Waals surface area contributed by atoms with E-state index in [0.717, 1.165) is 24.5 Å². The van der Waals surface area contributed by atoms with E-state index in [-0.39, 0.29) is 23.0 Å². The third-order valence-corrected chi connectivity index (χ3v) is 6.73. The van der Waals surface area contributed by atoms with Gasteiger partial charge in [0.25, 0.3) is 0 Å². The molecule has 0 bridgehead atoms. The van der Waals surface area contributed by atoms with Crippen molar-refractivity contribution < 1.29 is 14.3 Å². The number of anilines is 2. The first-order chi connectivity index (χ1) is 17.3. The largest absolute Gasteiger partial charge is 0.494 e. The number of nitrogens with zero attached hydrogens (tertiary/aromatic N) is 6. The number of methoxy groups -OCH3 is 1. The summed E-state index contributed by atoms with van der Waals surface area (Å²) < 4.78 is 6.94. The highest BCUT2D eigenvalue weighted by Gasteiger charge is 2.29. The molecule has 0 saturated carbocycles. The van der Waals surface area contributed by atoms with Gasteiger partial charge in [0.05, 0.1) is 12.9 Å². The maximum atomic E-state index is 12.6. The number of para-hydroxylation sites is 2. The first-order valence-electron chi connectivity index (χ1n) is 11.7. The molecule has 1 aliphatic rings. The Bertz CT molecular complexity index is 1200. The van der Waals surface area contributed by atoms with Crippen molar-refractivity contribution in [2.24, 2.45) is 5.41 Å². The van der Waals surface area contributed by atoms with Gasteiger partial charge in [-0.15, -0.1) is 5.10 Å². The van der Waals surface area contributed by atoms with Gasteiger partial charge >= 0.3 is 0 Å². The summed E-state index contributed by atoms with van der Waals surface area (Å²) in [5.74, 6) is 0.825. The summed E-state index contributed by atoms with van der Waals surface area (Å²) in [5, 5.41) is 15.2. The van der Waals surface area contributed by atoms with E-state index in [1.54, 1.807) is 11.8 Å². The molecule has 1 N–H and O–H groups in total. The van der Waals surface area contributed by atoms with Gasteiger partial charge in [-0.1, -0.05) is 44.7 Å². The van der Waals surface area contributed by atoms with Crippen LogP contribution in [0.4, 0.5) is 11.4 Å². The van der Waals surface area contributed by atoms with Crippen LogP contribution in [0.3, 0.4) is 0 Å². The molecule has 1 saturated heterocycles. The SMILES string of the molecule is COc1ccccc1-n1nnnc1SCC(=O)Nc1ccc(N2CCN(C(=O)C(C)(C)C)CC2)cc1.